The van der Waals surface area contributed by atoms with E-state index in [2.05, 4.69) is 17.2 Å². The predicted octanol–water partition coefficient (Wildman–Crippen LogP) is 3.86. The molecule has 2 rings (SSSR count). The summed E-state index contributed by atoms with van der Waals surface area (Å²) in [5, 5.41) is 3.26. The van der Waals surface area contributed by atoms with E-state index in [1.165, 1.54) is 0 Å². The highest BCUT2D eigenvalue weighted by Gasteiger charge is 2.33. The summed E-state index contributed by atoms with van der Waals surface area (Å²) in [5.74, 6) is 1.58. The summed E-state index contributed by atoms with van der Waals surface area (Å²) in [6.07, 6.45) is -4.36. The number of nitrogens with zero attached hydrogens (tertiary/aromatic N) is 2. The van der Waals surface area contributed by atoms with Crippen molar-refractivity contribution < 1.29 is 13.2 Å². The molecule has 0 amide bonds. The van der Waals surface area contributed by atoms with E-state index in [1.54, 1.807) is 0 Å². The van der Waals surface area contributed by atoms with Crippen molar-refractivity contribution in [1.82, 2.24) is 4.98 Å². The van der Waals surface area contributed by atoms with Crippen LogP contribution in [0.5, 0.6) is 0 Å². The van der Waals surface area contributed by atoms with Crippen molar-refractivity contribution in [2.75, 3.05) is 29.1 Å². The first-order chi connectivity index (χ1) is 9.82. The largest absolute Gasteiger partial charge is 0.416 e. The Morgan fingerprint density at radius 1 is 1.38 bits per heavy atom. The van der Waals surface area contributed by atoms with E-state index in [1.807, 2.05) is 30.5 Å². The Labute approximate surface area is 127 Å². The molecule has 2 heterocycles. The third kappa shape index (κ3) is 3.75. The minimum absolute atomic E-state index is 0.161. The Kier molecular flexibility index (Phi) is 4.91. The van der Waals surface area contributed by atoms with Crippen molar-refractivity contribution >= 4 is 23.4 Å². The predicted molar refractivity (Wildman–Crippen MR) is 82.1 cm³/mol. The molecule has 2 atom stereocenters. The summed E-state index contributed by atoms with van der Waals surface area (Å²) in [7, 11) is 0. The van der Waals surface area contributed by atoms with Gasteiger partial charge in [-0.1, -0.05) is 6.92 Å². The molecule has 0 radical (unpaired) electrons. The summed E-state index contributed by atoms with van der Waals surface area (Å²) in [6, 6.07) is 2.38. The molecular formula is C14H20F3N3S. The van der Waals surface area contributed by atoms with E-state index < -0.39 is 11.7 Å². The molecule has 1 aromatic heterocycles. The molecule has 0 saturated carbocycles. The van der Waals surface area contributed by atoms with Gasteiger partial charge in [0.1, 0.15) is 11.6 Å². The fourth-order valence-electron chi connectivity index (χ4n) is 2.35. The summed E-state index contributed by atoms with van der Waals surface area (Å²) in [4.78, 5) is 6.32. The number of anilines is 2. The Balaban J connectivity index is 2.39. The second kappa shape index (κ2) is 6.34. The number of nitrogens with one attached hydrogen (secondary N) is 1. The SMILES string of the molecule is CCNc1cc(C(F)(F)F)cc(N2CCSC(C)C2C)n1. The number of hydrogen-bond donors (Lipinski definition) is 1. The van der Waals surface area contributed by atoms with Crippen LogP contribution in [-0.2, 0) is 6.18 Å². The second-order valence-corrected chi connectivity index (χ2v) is 6.62. The second-order valence-electron chi connectivity index (χ2n) is 5.14. The fourth-order valence-corrected chi connectivity index (χ4v) is 3.45. The van der Waals surface area contributed by atoms with E-state index in [0.29, 0.717) is 17.6 Å². The molecular weight excluding hydrogens is 299 g/mol. The molecule has 1 aromatic rings. The number of alkyl halides is 3. The molecule has 7 heteroatoms. The van der Waals surface area contributed by atoms with Crippen molar-refractivity contribution in [1.29, 1.82) is 0 Å². The topological polar surface area (TPSA) is 28.2 Å². The molecule has 118 valence electrons. The van der Waals surface area contributed by atoms with Gasteiger partial charge in [0.25, 0.3) is 0 Å². The highest BCUT2D eigenvalue weighted by Crippen LogP contribution is 2.35. The van der Waals surface area contributed by atoms with E-state index in [4.69, 9.17) is 0 Å². The van der Waals surface area contributed by atoms with Crippen LogP contribution in [0.15, 0.2) is 12.1 Å². The number of hydrogen-bond acceptors (Lipinski definition) is 4. The highest BCUT2D eigenvalue weighted by atomic mass is 32.2. The van der Waals surface area contributed by atoms with Gasteiger partial charge in [0.2, 0.25) is 0 Å². The van der Waals surface area contributed by atoms with Crippen LogP contribution >= 0.6 is 11.8 Å². The van der Waals surface area contributed by atoms with Crippen molar-refractivity contribution in [3.8, 4) is 0 Å². The van der Waals surface area contributed by atoms with Crippen molar-refractivity contribution in [2.24, 2.45) is 0 Å². The van der Waals surface area contributed by atoms with Gasteiger partial charge >= 0.3 is 6.18 Å². The van der Waals surface area contributed by atoms with Gasteiger partial charge in [-0.15, -0.1) is 0 Å². The first-order valence-electron chi connectivity index (χ1n) is 7.04. The van der Waals surface area contributed by atoms with Gasteiger partial charge in [-0.05, 0) is 26.0 Å². The highest BCUT2D eigenvalue weighted by molar-refractivity contribution is 8.00. The van der Waals surface area contributed by atoms with Crippen LogP contribution < -0.4 is 10.2 Å². The van der Waals surface area contributed by atoms with Gasteiger partial charge in [-0.3, -0.25) is 0 Å². The monoisotopic (exact) mass is 319 g/mol. The van der Waals surface area contributed by atoms with E-state index in [0.717, 1.165) is 24.4 Å². The minimum atomic E-state index is -4.36. The lowest BCUT2D eigenvalue weighted by molar-refractivity contribution is -0.137. The molecule has 1 saturated heterocycles. The Morgan fingerprint density at radius 3 is 2.71 bits per heavy atom. The lowest BCUT2D eigenvalue weighted by atomic mass is 10.1. The van der Waals surface area contributed by atoms with E-state index in [-0.39, 0.29) is 11.9 Å². The number of halogens is 3. The molecule has 0 aromatic carbocycles. The number of aromatic nitrogens is 1. The summed E-state index contributed by atoms with van der Waals surface area (Å²) in [6.45, 7) is 7.22. The fraction of sp³-hybridized carbons (Fsp3) is 0.643. The summed E-state index contributed by atoms with van der Waals surface area (Å²) >= 11 is 1.84. The van der Waals surface area contributed by atoms with Gasteiger partial charge in [0, 0.05) is 30.1 Å². The molecule has 1 N–H and O–H groups in total. The van der Waals surface area contributed by atoms with E-state index in [9.17, 15) is 13.2 Å². The number of pyridine rings is 1. The molecule has 0 aliphatic carbocycles. The Morgan fingerprint density at radius 2 is 2.10 bits per heavy atom. The zero-order valence-electron chi connectivity index (χ0n) is 12.4. The van der Waals surface area contributed by atoms with Crippen LogP contribution in [-0.4, -0.2) is 35.1 Å². The standard InChI is InChI=1S/C14H20F3N3S/c1-4-18-12-7-11(14(15,16)17)8-13(19-12)20-5-6-21-10(3)9(20)2/h7-10H,4-6H2,1-3H3,(H,18,19). The van der Waals surface area contributed by atoms with Gasteiger partial charge in [-0.25, -0.2) is 4.98 Å². The van der Waals surface area contributed by atoms with Gasteiger partial charge in [-0.2, -0.15) is 24.9 Å². The van der Waals surface area contributed by atoms with Crippen molar-refractivity contribution in [2.45, 2.75) is 38.2 Å². The van der Waals surface area contributed by atoms with E-state index >= 15 is 0 Å². The van der Waals surface area contributed by atoms with Gasteiger partial charge in [0.05, 0.1) is 5.56 Å². The average molecular weight is 319 g/mol. The first-order valence-corrected chi connectivity index (χ1v) is 8.09. The zero-order chi connectivity index (χ0) is 15.6. The first kappa shape index (κ1) is 16.3. The summed E-state index contributed by atoms with van der Waals surface area (Å²) < 4.78 is 39.2. The maximum absolute atomic E-state index is 13.1. The van der Waals surface area contributed by atoms with Crippen molar-refractivity contribution in [3.05, 3.63) is 17.7 Å². The lowest BCUT2D eigenvalue weighted by Gasteiger charge is -2.38. The molecule has 2 unspecified atom stereocenters. The smallest absolute Gasteiger partial charge is 0.370 e. The molecule has 0 bridgehead atoms. The number of rotatable bonds is 3. The summed E-state index contributed by atoms with van der Waals surface area (Å²) in [5.41, 5.74) is -0.651. The van der Waals surface area contributed by atoms with Crippen LogP contribution in [0.2, 0.25) is 0 Å². The Bertz CT molecular complexity index is 493. The molecule has 3 nitrogen and oxygen atoms in total. The molecule has 1 aliphatic rings. The quantitative estimate of drug-likeness (QED) is 0.915. The molecule has 1 fully saturated rings. The maximum Gasteiger partial charge on any atom is 0.416 e. The van der Waals surface area contributed by atoms with Crippen LogP contribution in [0.3, 0.4) is 0 Å². The van der Waals surface area contributed by atoms with Gasteiger partial charge in [0.15, 0.2) is 0 Å². The number of thioether (sulfide) groups is 1. The molecule has 1 aliphatic heterocycles. The van der Waals surface area contributed by atoms with Crippen molar-refractivity contribution in [3.63, 3.8) is 0 Å². The molecule has 0 spiro atoms. The van der Waals surface area contributed by atoms with Crippen LogP contribution in [0, 0.1) is 0 Å². The normalized spacial score (nSPS) is 23.2. The lowest BCUT2D eigenvalue weighted by Crippen LogP contribution is -2.45. The maximum atomic E-state index is 13.1. The third-order valence-electron chi connectivity index (χ3n) is 3.68. The minimum Gasteiger partial charge on any atom is -0.370 e. The zero-order valence-corrected chi connectivity index (χ0v) is 13.2. The van der Waals surface area contributed by atoms with Gasteiger partial charge < -0.3 is 10.2 Å². The molecule has 21 heavy (non-hydrogen) atoms. The third-order valence-corrected chi connectivity index (χ3v) is 5.01. The average Bonchev–Trinajstić information content (AvgIpc) is 2.41. The Hall–Kier alpha value is -1.11. The van der Waals surface area contributed by atoms with Crippen LogP contribution in [0.1, 0.15) is 26.3 Å². The van der Waals surface area contributed by atoms with Crippen LogP contribution in [0.25, 0.3) is 0 Å². The van der Waals surface area contributed by atoms with Crippen LogP contribution in [0.4, 0.5) is 24.8 Å².